The predicted octanol–water partition coefficient (Wildman–Crippen LogP) is 0.943. The molecule has 0 aliphatic carbocycles. The molecule has 1 amide bonds. The Morgan fingerprint density at radius 3 is 2.45 bits per heavy atom. The Morgan fingerprint density at radius 2 is 1.95 bits per heavy atom. The molecular weight excluding hydrogens is 347 g/mol. The molecule has 0 unspecified atom stereocenters. The molecule has 6 nitrogen and oxygen atoms in total. The summed E-state index contributed by atoms with van der Waals surface area (Å²) < 4.78 is 63.4. The minimum Gasteiger partial charge on any atom is -0.346 e. The number of hydrogen-bond donors (Lipinski definition) is 3. The van der Waals surface area contributed by atoms with Crippen LogP contribution in [-0.4, -0.2) is 39.6 Å². The molecule has 0 fully saturated rings. The van der Waals surface area contributed by atoms with Crippen molar-refractivity contribution in [2.24, 2.45) is 5.73 Å². The van der Waals surface area contributed by atoms with Crippen LogP contribution in [0, 0.1) is 5.82 Å². The highest BCUT2D eigenvalue weighted by Gasteiger charge is 2.28. The molecule has 0 bridgehead atoms. The van der Waals surface area contributed by atoms with Crippen LogP contribution in [0.5, 0.6) is 0 Å². The van der Waals surface area contributed by atoms with Crippen molar-refractivity contribution >= 4 is 34.0 Å². The topological polar surface area (TPSA) is 101 Å². The number of benzene rings is 1. The molecule has 0 heterocycles. The summed E-state index contributed by atoms with van der Waals surface area (Å²) in [7, 11) is -3.71. The van der Waals surface area contributed by atoms with Crippen molar-refractivity contribution in [3.63, 3.8) is 0 Å². The standard InChI is InChI=1S/C11H14F3N3O3S.ClH/c1-21(19,20)17-9-3-2-7(12)4-8(9)10(18)16-6-11(13,14)5-15;/h2-4,17H,5-6,15H2,1H3,(H,16,18);1H. The lowest BCUT2D eigenvalue weighted by Gasteiger charge is -2.16. The fraction of sp³-hybridized carbons (Fsp3) is 0.364. The second kappa shape index (κ2) is 7.65. The normalized spacial score (nSPS) is 11.5. The number of carbonyl (C=O) groups is 1. The molecule has 1 aromatic carbocycles. The first-order chi connectivity index (χ1) is 9.54. The Kier molecular flexibility index (Phi) is 7.13. The van der Waals surface area contributed by atoms with E-state index in [1.807, 2.05) is 10.0 Å². The van der Waals surface area contributed by atoms with Crippen molar-refractivity contribution in [1.29, 1.82) is 0 Å². The Hall–Kier alpha value is -1.52. The highest BCUT2D eigenvalue weighted by atomic mass is 35.5. The molecule has 0 radical (unpaired) electrons. The monoisotopic (exact) mass is 361 g/mol. The number of alkyl halides is 2. The van der Waals surface area contributed by atoms with Crippen LogP contribution in [0.1, 0.15) is 10.4 Å². The Bertz CT molecular complexity index is 641. The van der Waals surface area contributed by atoms with Crippen LogP contribution in [0.3, 0.4) is 0 Å². The molecule has 4 N–H and O–H groups in total. The van der Waals surface area contributed by atoms with Crippen molar-refractivity contribution in [2.45, 2.75) is 5.92 Å². The lowest BCUT2D eigenvalue weighted by Crippen LogP contribution is -2.41. The van der Waals surface area contributed by atoms with E-state index in [2.05, 4.69) is 0 Å². The van der Waals surface area contributed by atoms with E-state index >= 15 is 0 Å². The largest absolute Gasteiger partial charge is 0.346 e. The van der Waals surface area contributed by atoms with Gasteiger partial charge in [0.25, 0.3) is 11.8 Å². The van der Waals surface area contributed by atoms with E-state index in [0.29, 0.717) is 0 Å². The number of rotatable bonds is 6. The predicted molar refractivity (Wildman–Crippen MR) is 78.4 cm³/mol. The molecule has 11 heteroatoms. The maximum Gasteiger partial charge on any atom is 0.277 e. The van der Waals surface area contributed by atoms with Crippen LogP contribution in [0.2, 0.25) is 0 Å². The summed E-state index contributed by atoms with van der Waals surface area (Å²) in [6.45, 7) is -2.01. The first-order valence-corrected chi connectivity index (χ1v) is 7.57. The molecule has 0 saturated heterocycles. The van der Waals surface area contributed by atoms with Gasteiger partial charge < -0.3 is 11.1 Å². The number of sulfonamides is 1. The quantitative estimate of drug-likeness (QED) is 0.702. The van der Waals surface area contributed by atoms with Crippen LogP contribution in [-0.2, 0) is 10.0 Å². The average molecular weight is 362 g/mol. The second-order valence-electron chi connectivity index (χ2n) is 4.31. The summed E-state index contributed by atoms with van der Waals surface area (Å²) in [5, 5.41) is 1.87. The third kappa shape index (κ3) is 6.50. The number of hydrogen-bond acceptors (Lipinski definition) is 4. The molecule has 0 spiro atoms. The lowest BCUT2D eigenvalue weighted by molar-refractivity contribution is 0.0119. The smallest absolute Gasteiger partial charge is 0.277 e. The molecular formula is C11H15ClF3N3O3S. The van der Waals surface area contributed by atoms with E-state index in [4.69, 9.17) is 5.73 Å². The van der Waals surface area contributed by atoms with Crippen molar-refractivity contribution in [1.82, 2.24) is 5.32 Å². The van der Waals surface area contributed by atoms with Gasteiger partial charge in [0.15, 0.2) is 0 Å². The van der Waals surface area contributed by atoms with Crippen LogP contribution < -0.4 is 15.8 Å². The van der Waals surface area contributed by atoms with Gasteiger partial charge in [-0.25, -0.2) is 21.6 Å². The third-order valence-electron chi connectivity index (χ3n) is 2.33. The number of anilines is 1. The molecule has 126 valence electrons. The van der Waals surface area contributed by atoms with Gasteiger partial charge in [0.2, 0.25) is 10.0 Å². The van der Waals surface area contributed by atoms with Crippen LogP contribution in [0.15, 0.2) is 18.2 Å². The fourth-order valence-corrected chi connectivity index (χ4v) is 1.95. The number of amides is 1. The number of nitrogens with one attached hydrogen (secondary N) is 2. The zero-order valence-electron chi connectivity index (χ0n) is 11.4. The fourth-order valence-electron chi connectivity index (χ4n) is 1.37. The van der Waals surface area contributed by atoms with Gasteiger partial charge in [-0.05, 0) is 18.2 Å². The molecule has 1 rings (SSSR count). The maximum absolute atomic E-state index is 13.2. The Morgan fingerprint density at radius 1 is 1.36 bits per heavy atom. The van der Waals surface area contributed by atoms with E-state index < -0.39 is 46.3 Å². The highest BCUT2D eigenvalue weighted by Crippen LogP contribution is 2.19. The summed E-state index contributed by atoms with van der Waals surface area (Å²) in [5.74, 6) is -5.17. The number of carbonyl (C=O) groups excluding carboxylic acids is 1. The van der Waals surface area contributed by atoms with Crippen LogP contribution >= 0.6 is 12.4 Å². The summed E-state index contributed by atoms with van der Waals surface area (Å²) in [4.78, 5) is 11.8. The van der Waals surface area contributed by atoms with Gasteiger partial charge in [0.05, 0.1) is 30.6 Å². The highest BCUT2D eigenvalue weighted by molar-refractivity contribution is 7.92. The Balaban J connectivity index is 0.00000441. The first kappa shape index (κ1) is 20.5. The summed E-state index contributed by atoms with van der Waals surface area (Å²) in [5.41, 5.74) is 4.19. The van der Waals surface area contributed by atoms with Gasteiger partial charge in [0.1, 0.15) is 5.82 Å². The van der Waals surface area contributed by atoms with E-state index in [9.17, 15) is 26.4 Å². The van der Waals surface area contributed by atoms with E-state index in [1.54, 1.807) is 0 Å². The molecule has 0 atom stereocenters. The summed E-state index contributed by atoms with van der Waals surface area (Å²) in [6, 6.07) is 2.69. The first-order valence-electron chi connectivity index (χ1n) is 5.67. The maximum atomic E-state index is 13.2. The van der Waals surface area contributed by atoms with Crippen molar-refractivity contribution in [3.8, 4) is 0 Å². The molecule has 0 aliphatic rings. The number of nitrogens with two attached hydrogens (primary N) is 1. The van der Waals surface area contributed by atoms with Gasteiger partial charge in [-0.1, -0.05) is 0 Å². The molecule has 1 aromatic rings. The molecule has 22 heavy (non-hydrogen) atoms. The molecule has 0 aromatic heterocycles. The second-order valence-corrected chi connectivity index (χ2v) is 6.06. The summed E-state index contributed by atoms with van der Waals surface area (Å²) >= 11 is 0. The van der Waals surface area contributed by atoms with Gasteiger partial charge in [0, 0.05) is 0 Å². The zero-order chi connectivity index (χ0) is 16.3. The Labute approximate surface area is 131 Å². The SMILES string of the molecule is CS(=O)(=O)Nc1ccc(F)cc1C(=O)NCC(F)(F)CN.Cl. The van der Waals surface area contributed by atoms with Gasteiger partial charge in [-0.2, -0.15) is 0 Å². The minimum absolute atomic E-state index is 0. The van der Waals surface area contributed by atoms with Crippen LogP contribution in [0.25, 0.3) is 0 Å². The van der Waals surface area contributed by atoms with Gasteiger partial charge in [-0.3, -0.25) is 9.52 Å². The van der Waals surface area contributed by atoms with Gasteiger partial charge in [-0.15, -0.1) is 12.4 Å². The van der Waals surface area contributed by atoms with Crippen LogP contribution in [0.4, 0.5) is 18.9 Å². The van der Waals surface area contributed by atoms with Crippen molar-refractivity contribution in [2.75, 3.05) is 24.1 Å². The number of halogens is 4. The zero-order valence-corrected chi connectivity index (χ0v) is 13.0. The molecule has 0 aliphatic heterocycles. The lowest BCUT2D eigenvalue weighted by atomic mass is 10.1. The van der Waals surface area contributed by atoms with E-state index in [-0.39, 0.29) is 18.1 Å². The van der Waals surface area contributed by atoms with Crippen molar-refractivity contribution in [3.05, 3.63) is 29.6 Å². The summed E-state index contributed by atoms with van der Waals surface area (Å²) in [6.07, 6.45) is 0.834. The van der Waals surface area contributed by atoms with E-state index in [1.165, 1.54) is 0 Å². The average Bonchev–Trinajstić information content (AvgIpc) is 2.36. The van der Waals surface area contributed by atoms with E-state index in [0.717, 1.165) is 24.5 Å². The van der Waals surface area contributed by atoms with Crippen molar-refractivity contribution < 1.29 is 26.4 Å². The third-order valence-corrected chi connectivity index (χ3v) is 2.92. The molecule has 0 saturated carbocycles. The van der Waals surface area contributed by atoms with Gasteiger partial charge >= 0.3 is 0 Å². The minimum atomic E-state index is -3.71.